The van der Waals surface area contributed by atoms with E-state index in [2.05, 4.69) is 33.1 Å². The van der Waals surface area contributed by atoms with Gasteiger partial charge < -0.3 is 9.30 Å². The number of hydrazone groups is 1. The van der Waals surface area contributed by atoms with Crippen LogP contribution in [0.4, 0.5) is 0 Å². The monoisotopic (exact) mass is 445 g/mol. The molecule has 6 heteroatoms. The minimum absolute atomic E-state index is 0.284. The lowest BCUT2D eigenvalue weighted by Gasteiger charge is -2.05. The number of nitrogens with zero attached hydrogens (tertiary/aromatic N) is 2. The highest BCUT2D eigenvalue weighted by atomic mass is 127. The van der Waals surface area contributed by atoms with Gasteiger partial charge in [-0.1, -0.05) is 18.2 Å². The summed E-state index contributed by atoms with van der Waals surface area (Å²) in [7, 11) is 1.58. The normalized spacial score (nSPS) is 10.8. The average molecular weight is 445 g/mol. The maximum atomic E-state index is 12.2. The Balaban J connectivity index is 1.65. The topological polar surface area (TPSA) is 55.6 Å². The van der Waals surface area contributed by atoms with E-state index in [4.69, 9.17) is 4.74 Å². The van der Waals surface area contributed by atoms with Crippen LogP contribution in [0.3, 0.4) is 0 Å². The molecule has 1 heterocycles. The van der Waals surface area contributed by atoms with Gasteiger partial charge in [0.15, 0.2) is 0 Å². The van der Waals surface area contributed by atoms with Gasteiger partial charge in [-0.2, -0.15) is 5.10 Å². The van der Waals surface area contributed by atoms with Gasteiger partial charge in [0.1, 0.15) is 5.75 Å². The quantitative estimate of drug-likeness (QED) is 0.369. The van der Waals surface area contributed by atoms with Crippen molar-refractivity contribution in [2.24, 2.45) is 5.10 Å². The number of methoxy groups -OCH3 is 1. The first-order valence-electron chi connectivity index (χ1n) is 7.58. The van der Waals surface area contributed by atoms with Crippen molar-refractivity contribution in [2.45, 2.75) is 0 Å². The van der Waals surface area contributed by atoms with E-state index in [9.17, 15) is 4.79 Å². The van der Waals surface area contributed by atoms with Gasteiger partial charge in [0.25, 0.3) is 5.91 Å². The number of carbonyl (C=O) groups excluding carboxylic acids is 1. The Hall–Kier alpha value is -2.61. The summed E-state index contributed by atoms with van der Waals surface area (Å²) in [5, 5.41) is 4.02. The van der Waals surface area contributed by atoms with E-state index in [0.29, 0.717) is 11.3 Å². The molecule has 0 spiro atoms. The van der Waals surface area contributed by atoms with Crippen molar-refractivity contribution < 1.29 is 9.53 Å². The number of hydrogen-bond acceptors (Lipinski definition) is 3. The number of aromatic nitrogens is 1. The molecule has 0 unspecified atom stereocenters. The molecular weight excluding hydrogens is 429 g/mol. The number of ether oxygens (including phenoxy) is 1. The zero-order chi connectivity index (χ0) is 17.6. The SMILES string of the molecule is COc1cc(C(=O)N/N=C/c2ccn(-c3ccccc3)c2)ccc1I. The third kappa shape index (κ3) is 4.27. The molecule has 0 saturated carbocycles. The molecule has 0 fully saturated rings. The average Bonchev–Trinajstić information content (AvgIpc) is 3.11. The van der Waals surface area contributed by atoms with Crippen molar-refractivity contribution >= 4 is 34.7 Å². The number of carbonyl (C=O) groups is 1. The Morgan fingerprint density at radius 2 is 2.00 bits per heavy atom. The zero-order valence-corrected chi connectivity index (χ0v) is 15.7. The molecule has 126 valence electrons. The molecule has 0 radical (unpaired) electrons. The summed E-state index contributed by atoms with van der Waals surface area (Å²) in [6.45, 7) is 0. The van der Waals surface area contributed by atoms with Crippen LogP contribution in [0.25, 0.3) is 5.69 Å². The zero-order valence-electron chi connectivity index (χ0n) is 13.5. The van der Waals surface area contributed by atoms with Crippen LogP contribution in [0.5, 0.6) is 5.75 Å². The van der Waals surface area contributed by atoms with Gasteiger partial charge in [-0.05, 0) is 59.0 Å². The van der Waals surface area contributed by atoms with Crippen LogP contribution in [0, 0.1) is 3.57 Å². The largest absolute Gasteiger partial charge is 0.496 e. The van der Waals surface area contributed by atoms with E-state index in [1.165, 1.54) is 0 Å². The molecule has 1 amide bonds. The van der Waals surface area contributed by atoms with Crippen LogP contribution >= 0.6 is 22.6 Å². The van der Waals surface area contributed by atoms with Crippen molar-refractivity contribution in [3.63, 3.8) is 0 Å². The molecule has 0 bridgehead atoms. The lowest BCUT2D eigenvalue weighted by Crippen LogP contribution is -2.17. The second-order valence-corrected chi connectivity index (χ2v) is 6.40. The fourth-order valence-corrected chi connectivity index (χ4v) is 2.84. The molecule has 0 atom stereocenters. The van der Waals surface area contributed by atoms with Crippen LogP contribution < -0.4 is 10.2 Å². The molecule has 3 rings (SSSR count). The van der Waals surface area contributed by atoms with Crippen LogP contribution in [0.15, 0.2) is 72.1 Å². The highest BCUT2D eigenvalue weighted by Crippen LogP contribution is 2.21. The third-order valence-corrected chi connectivity index (χ3v) is 4.45. The molecule has 0 aliphatic rings. The highest BCUT2D eigenvalue weighted by Gasteiger charge is 2.08. The first-order chi connectivity index (χ1) is 12.2. The molecule has 0 aliphatic carbocycles. The molecule has 0 saturated heterocycles. The maximum absolute atomic E-state index is 12.2. The Bertz CT molecular complexity index is 904. The smallest absolute Gasteiger partial charge is 0.271 e. The Morgan fingerprint density at radius 3 is 2.76 bits per heavy atom. The fraction of sp³-hybridized carbons (Fsp3) is 0.0526. The summed E-state index contributed by atoms with van der Waals surface area (Å²) in [6.07, 6.45) is 5.50. The summed E-state index contributed by atoms with van der Waals surface area (Å²) in [4.78, 5) is 12.2. The highest BCUT2D eigenvalue weighted by molar-refractivity contribution is 14.1. The van der Waals surface area contributed by atoms with Crippen LogP contribution in [0.1, 0.15) is 15.9 Å². The standard InChI is InChI=1S/C19H16IN3O2/c1-25-18-11-15(7-8-17(18)20)19(24)22-21-12-14-9-10-23(13-14)16-5-3-2-4-6-16/h2-13H,1H3,(H,22,24)/b21-12+. The summed E-state index contributed by atoms with van der Waals surface area (Å²) in [5.74, 6) is 0.380. The van der Waals surface area contributed by atoms with Crippen LogP contribution in [-0.2, 0) is 0 Å². The van der Waals surface area contributed by atoms with E-state index < -0.39 is 0 Å². The Labute approximate surface area is 159 Å². The number of halogens is 1. The summed E-state index contributed by atoms with van der Waals surface area (Å²) < 4.78 is 8.17. The predicted octanol–water partition coefficient (Wildman–Crippen LogP) is 3.85. The van der Waals surface area contributed by atoms with Gasteiger partial charge in [-0.25, -0.2) is 5.43 Å². The van der Waals surface area contributed by atoms with Crippen LogP contribution in [-0.4, -0.2) is 23.8 Å². The lowest BCUT2D eigenvalue weighted by molar-refractivity contribution is 0.0954. The van der Waals surface area contributed by atoms with Gasteiger partial charge in [0.05, 0.1) is 16.9 Å². The van der Waals surface area contributed by atoms with Gasteiger partial charge in [-0.15, -0.1) is 0 Å². The van der Waals surface area contributed by atoms with Crippen molar-refractivity contribution in [2.75, 3.05) is 7.11 Å². The summed E-state index contributed by atoms with van der Waals surface area (Å²) in [6, 6.07) is 17.2. The first-order valence-corrected chi connectivity index (χ1v) is 8.65. The van der Waals surface area contributed by atoms with Gasteiger partial charge in [0.2, 0.25) is 0 Å². The van der Waals surface area contributed by atoms with Crippen molar-refractivity contribution in [1.82, 2.24) is 9.99 Å². The number of nitrogens with one attached hydrogen (secondary N) is 1. The molecule has 0 aliphatic heterocycles. The predicted molar refractivity (Wildman–Crippen MR) is 107 cm³/mol. The Kier molecular flexibility index (Phi) is 5.49. The molecule has 1 N–H and O–H groups in total. The number of benzene rings is 2. The molecule has 5 nitrogen and oxygen atoms in total. The summed E-state index contributed by atoms with van der Waals surface area (Å²) in [5.41, 5.74) is 4.99. The first kappa shape index (κ1) is 17.2. The van der Waals surface area contributed by atoms with E-state index in [0.717, 1.165) is 14.8 Å². The second kappa shape index (κ2) is 7.98. The minimum Gasteiger partial charge on any atom is -0.496 e. The Morgan fingerprint density at radius 1 is 1.20 bits per heavy atom. The van der Waals surface area contributed by atoms with E-state index in [1.807, 2.05) is 59.4 Å². The van der Waals surface area contributed by atoms with E-state index >= 15 is 0 Å². The molecule has 25 heavy (non-hydrogen) atoms. The van der Waals surface area contributed by atoms with Gasteiger partial charge in [0, 0.05) is 29.2 Å². The van der Waals surface area contributed by atoms with Gasteiger partial charge in [-0.3, -0.25) is 4.79 Å². The molecule has 3 aromatic rings. The maximum Gasteiger partial charge on any atom is 0.271 e. The number of hydrogen-bond donors (Lipinski definition) is 1. The van der Waals surface area contributed by atoms with E-state index in [1.54, 1.807) is 25.5 Å². The minimum atomic E-state index is -0.284. The number of para-hydroxylation sites is 1. The number of amides is 1. The molecule has 2 aromatic carbocycles. The van der Waals surface area contributed by atoms with Crippen molar-refractivity contribution in [3.8, 4) is 11.4 Å². The molecular formula is C19H16IN3O2. The molecule has 1 aromatic heterocycles. The van der Waals surface area contributed by atoms with Crippen molar-refractivity contribution in [3.05, 3.63) is 81.7 Å². The third-order valence-electron chi connectivity index (χ3n) is 3.56. The second-order valence-electron chi connectivity index (χ2n) is 5.24. The fourth-order valence-electron chi connectivity index (χ4n) is 2.28. The van der Waals surface area contributed by atoms with Crippen LogP contribution in [0.2, 0.25) is 0 Å². The number of rotatable bonds is 5. The van der Waals surface area contributed by atoms with E-state index in [-0.39, 0.29) is 5.91 Å². The lowest BCUT2D eigenvalue weighted by atomic mass is 10.2. The van der Waals surface area contributed by atoms with Gasteiger partial charge >= 0.3 is 0 Å². The van der Waals surface area contributed by atoms with Crippen molar-refractivity contribution in [1.29, 1.82) is 0 Å². The summed E-state index contributed by atoms with van der Waals surface area (Å²) >= 11 is 2.16.